The quantitative estimate of drug-likeness (QED) is 0.821. The first-order valence-electron chi connectivity index (χ1n) is 6.87. The normalized spacial score (nSPS) is 26.8. The first-order valence-corrected chi connectivity index (χ1v) is 6.87. The van der Waals surface area contributed by atoms with Gasteiger partial charge in [0.2, 0.25) is 0 Å². The lowest BCUT2D eigenvalue weighted by Gasteiger charge is -2.14. The first-order chi connectivity index (χ1) is 8.15. The molecule has 1 aromatic rings. The van der Waals surface area contributed by atoms with Gasteiger partial charge in [-0.2, -0.15) is 5.10 Å². The van der Waals surface area contributed by atoms with Crippen molar-refractivity contribution < 1.29 is 0 Å². The van der Waals surface area contributed by atoms with Gasteiger partial charge in [-0.05, 0) is 44.7 Å². The molecular formula is C14H25N3. The molecule has 4 atom stereocenters. The first kappa shape index (κ1) is 12.6. The Morgan fingerprint density at radius 1 is 1.59 bits per heavy atom. The molecule has 0 bridgehead atoms. The van der Waals surface area contributed by atoms with Crippen molar-refractivity contribution in [2.75, 3.05) is 7.05 Å². The number of hydrogen-bond acceptors (Lipinski definition) is 2. The monoisotopic (exact) mass is 235 g/mol. The second-order valence-electron chi connectivity index (χ2n) is 5.52. The molecule has 1 aliphatic carbocycles. The lowest BCUT2D eigenvalue weighted by Crippen LogP contribution is -2.30. The minimum atomic E-state index is 0.511. The summed E-state index contributed by atoms with van der Waals surface area (Å²) in [5.74, 6) is 1.75. The lowest BCUT2D eigenvalue weighted by molar-refractivity contribution is 0.451. The summed E-state index contributed by atoms with van der Waals surface area (Å²) in [4.78, 5) is 0. The van der Waals surface area contributed by atoms with Crippen LogP contribution in [0.15, 0.2) is 12.3 Å². The fourth-order valence-electron chi connectivity index (χ4n) is 2.52. The van der Waals surface area contributed by atoms with Crippen LogP contribution in [0.5, 0.6) is 0 Å². The molecule has 0 aliphatic heterocycles. The summed E-state index contributed by atoms with van der Waals surface area (Å²) in [6, 6.07) is 3.28. The predicted octanol–water partition coefficient (Wildman–Crippen LogP) is 2.64. The molecule has 1 N–H and O–H groups in total. The molecule has 3 nitrogen and oxygen atoms in total. The standard InChI is InChI=1S/C14H25N3/c1-5-11(3)17-7-6-12(16-17)9-14(15-4)13-8-10(13)2/h6-7,10-11,13-15H,5,8-9H2,1-4H3. The zero-order valence-corrected chi connectivity index (χ0v) is 11.5. The van der Waals surface area contributed by atoms with E-state index in [-0.39, 0.29) is 0 Å². The minimum Gasteiger partial charge on any atom is -0.316 e. The number of likely N-dealkylation sites (N-methyl/N-ethyl adjacent to an activating group) is 1. The van der Waals surface area contributed by atoms with E-state index in [0.717, 1.165) is 24.7 Å². The molecule has 0 aromatic carbocycles. The average molecular weight is 235 g/mol. The van der Waals surface area contributed by atoms with Gasteiger partial charge >= 0.3 is 0 Å². The molecule has 0 spiro atoms. The van der Waals surface area contributed by atoms with E-state index in [9.17, 15) is 0 Å². The highest BCUT2D eigenvalue weighted by atomic mass is 15.3. The summed E-state index contributed by atoms with van der Waals surface area (Å²) in [6.07, 6.45) is 5.69. The summed E-state index contributed by atoms with van der Waals surface area (Å²) in [5, 5.41) is 8.13. The highest BCUT2D eigenvalue weighted by Gasteiger charge is 2.38. The smallest absolute Gasteiger partial charge is 0.0640 e. The largest absolute Gasteiger partial charge is 0.316 e. The number of nitrogens with zero attached hydrogens (tertiary/aromatic N) is 2. The Bertz CT molecular complexity index is 358. The predicted molar refractivity (Wildman–Crippen MR) is 71.1 cm³/mol. The summed E-state index contributed by atoms with van der Waals surface area (Å²) < 4.78 is 2.10. The topological polar surface area (TPSA) is 29.9 Å². The van der Waals surface area contributed by atoms with E-state index in [4.69, 9.17) is 0 Å². The molecule has 4 unspecified atom stereocenters. The third-order valence-electron chi connectivity index (χ3n) is 4.19. The summed E-state index contributed by atoms with van der Waals surface area (Å²) in [7, 11) is 2.07. The molecule has 1 aliphatic rings. The molecule has 2 rings (SSSR count). The van der Waals surface area contributed by atoms with Crippen molar-refractivity contribution in [1.29, 1.82) is 0 Å². The van der Waals surface area contributed by atoms with Gasteiger partial charge in [-0.1, -0.05) is 13.8 Å². The number of nitrogens with one attached hydrogen (secondary N) is 1. The van der Waals surface area contributed by atoms with Crippen LogP contribution in [0.25, 0.3) is 0 Å². The third-order valence-corrected chi connectivity index (χ3v) is 4.19. The van der Waals surface area contributed by atoms with Crippen LogP contribution in [0.2, 0.25) is 0 Å². The fourth-order valence-corrected chi connectivity index (χ4v) is 2.52. The van der Waals surface area contributed by atoms with E-state index >= 15 is 0 Å². The number of rotatable bonds is 6. The van der Waals surface area contributed by atoms with Crippen LogP contribution < -0.4 is 5.32 Å². The van der Waals surface area contributed by atoms with Gasteiger partial charge in [-0.15, -0.1) is 0 Å². The van der Waals surface area contributed by atoms with Gasteiger partial charge in [0.1, 0.15) is 0 Å². The Morgan fingerprint density at radius 3 is 2.82 bits per heavy atom. The Hall–Kier alpha value is -0.830. The second-order valence-corrected chi connectivity index (χ2v) is 5.52. The van der Waals surface area contributed by atoms with E-state index in [1.807, 2.05) is 0 Å². The Kier molecular flexibility index (Phi) is 3.87. The summed E-state index contributed by atoms with van der Waals surface area (Å²) in [5.41, 5.74) is 1.23. The number of hydrogen-bond donors (Lipinski definition) is 1. The Labute approximate surface area is 105 Å². The van der Waals surface area contributed by atoms with Crippen LogP contribution in [-0.2, 0) is 6.42 Å². The Balaban J connectivity index is 1.95. The van der Waals surface area contributed by atoms with Crippen LogP contribution >= 0.6 is 0 Å². The number of aromatic nitrogens is 2. The van der Waals surface area contributed by atoms with E-state index in [0.29, 0.717) is 12.1 Å². The molecule has 0 amide bonds. The van der Waals surface area contributed by atoms with Gasteiger partial charge in [0.25, 0.3) is 0 Å². The highest BCUT2D eigenvalue weighted by molar-refractivity contribution is 5.05. The molecule has 1 fully saturated rings. The molecule has 1 saturated carbocycles. The molecule has 0 saturated heterocycles. The van der Waals surface area contributed by atoms with Crippen molar-refractivity contribution in [2.45, 2.75) is 52.1 Å². The van der Waals surface area contributed by atoms with Gasteiger partial charge in [0.05, 0.1) is 5.69 Å². The Morgan fingerprint density at radius 2 is 2.29 bits per heavy atom. The van der Waals surface area contributed by atoms with Crippen LogP contribution in [0.1, 0.15) is 45.3 Å². The fraction of sp³-hybridized carbons (Fsp3) is 0.786. The molecule has 17 heavy (non-hydrogen) atoms. The molecule has 1 heterocycles. The molecule has 1 aromatic heterocycles. The van der Waals surface area contributed by atoms with Gasteiger partial charge in [0, 0.05) is 24.7 Å². The molecule has 0 radical (unpaired) electrons. The van der Waals surface area contributed by atoms with E-state index < -0.39 is 0 Å². The zero-order valence-electron chi connectivity index (χ0n) is 11.5. The SMILES string of the molecule is CCC(C)n1ccc(CC(NC)C2CC2C)n1. The maximum atomic E-state index is 4.68. The van der Waals surface area contributed by atoms with Crippen molar-refractivity contribution >= 4 is 0 Å². The van der Waals surface area contributed by atoms with Crippen molar-refractivity contribution in [3.8, 4) is 0 Å². The molecule has 96 valence electrons. The van der Waals surface area contributed by atoms with Crippen LogP contribution in [-0.4, -0.2) is 22.9 Å². The van der Waals surface area contributed by atoms with Crippen molar-refractivity contribution in [1.82, 2.24) is 15.1 Å². The van der Waals surface area contributed by atoms with Gasteiger partial charge in [-0.3, -0.25) is 4.68 Å². The average Bonchev–Trinajstić information content (AvgIpc) is 2.89. The maximum absolute atomic E-state index is 4.68. The van der Waals surface area contributed by atoms with Crippen molar-refractivity contribution in [3.05, 3.63) is 18.0 Å². The minimum absolute atomic E-state index is 0.511. The van der Waals surface area contributed by atoms with E-state index in [1.54, 1.807) is 0 Å². The lowest BCUT2D eigenvalue weighted by atomic mass is 10.1. The highest BCUT2D eigenvalue weighted by Crippen LogP contribution is 2.41. The second kappa shape index (κ2) is 5.21. The zero-order chi connectivity index (χ0) is 12.4. The summed E-state index contributed by atoms with van der Waals surface area (Å²) in [6.45, 7) is 6.76. The van der Waals surface area contributed by atoms with Crippen LogP contribution in [0.3, 0.4) is 0 Å². The van der Waals surface area contributed by atoms with Gasteiger partial charge in [-0.25, -0.2) is 0 Å². The van der Waals surface area contributed by atoms with Gasteiger partial charge in [0.15, 0.2) is 0 Å². The summed E-state index contributed by atoms with van der Waals surface area (Å²) >= 11 is 0. The third kappa shape index (κ3) is 2.89. The van der Waals surface area contributed by atoms with Crippen molar-refractivity contribution in [3.63, 3.8) is 0 Å². The molecular weight excluding hydrogens is 210 g/mol. The maximum Gasteiger partial charge on any atom is 0.0640 e. The molecule has 3 heteroatoms. The van der Waals surface area contributed by atoms with E-state index in [2.05, 4.69) is 55.2 Å². The van der Waals surface area contributed by atoms with Crippen LogP contribution in [0, 0.1) is 11.8 Å². The van der Waals surface area contributed by atoms with Crippen LogP contribution in [0.4, 0.5) is 0 Å². The van der Waals surface area contributed by atoms with E-state index in [1.165, 1.54) is 12.1 Å². The van der Waals surface area contributed by atoms with Crippen molar-refractivity contribution in [2.24, 2.45) is 11.8 Å². The van der Waals surface area contributed by atoms with Gasteiger partial charge < -0.3 is 5.32 Å².